The number of pyridine rings is 1. The van der Waals surface area contributed by atoms with Crippen LogP contribution < -0.4 is 10.2 Å². The first-order chi connectivity index (χ1) is 8.26. The summed E-state index contributed by atoms with van der Waals surface area (Å²) in [4.78, 5) is 17.7. The van der Waals surface area contributed by atoms with Crippen LogP contribution in [0.3, 0.4) is 0 Å². The third-order valence-corrected chi connectivity index (χ3v) is 3.12. The fourth-order valence-electron chi connectivity index (χ4n) is 2.22. The third-order valence-electron chi connectivity index (χ3n) is 3.12. The second-order valence-electron chi connectivity index (χ2n) is 4.15. The van der Waals surface area contributed by atoms with Gasteiger partial charge in [0.25, 0.3) is 5.91 Å². The molecule has 2 rings (SSSR count). The summed E-state index contributed by atoms with van der Waals surface area (Å²) in [5.74, 6) is -0.188. The summed E-state index contributed by atoms with van der Waals surface area (Å²) in [5.41, 5.74) is 1.36. The predicted molar refractivity (Wildman–Crippen MR) is 65.1 cm³/mol. The van der Waals surface area contributed by atoms with Crippen molar-refractivity contribution in [2.24, 2.45) is 0 Å². The number of rotatable bonds is 3. The first-order valence-corrected chi connectivity index (χ1v) is 5.82. The maximum Gasteiger partial charge on any atom is 0.269 e. The second kappa shape index (κ2) is 5.14. The lowest BCUT2D eigenvalue weighted by Gasteiger charge is -2.25. The van der Waals surface area contributed by atoms with Crippen molar-refractivity contribution in [1.82, 2.24) is 10.3 Å². The molecule has 1 saturated heterocycles. The van der Waals surface area contributed by atoms with E-state index in [1.807, 2.05) is 6.07 Å². The number of aliphatic hydroxyl groups excluding tert-OH is 1. The average Bonchev–Trinajstić information content (AvgIpc) is 2.86. The van der Waals surface area contributed by atoms with Gasteiger partial charge in [0.05, 0.1) is 12.6 Å². The van der Waals surface area contributed by atoms with Gasteiger partial charge in [-0.15, -0.1) is 0 Å². The molecule has 2 heterocycles. The predicted octanol–water partition coefficient (Wildman–Crippen LogP) is 0.402. The molecule has 1 aliphatic rings. The molecule has 1 aliphatic heterocycles. The molecule has 5 nitrogen and oxygen atoms in total. The Morgan fingerprint density at radius 3 is 3.24 bits per heavy atom. The summed E-state index contributed by atoms with van der Waals surface area (Å²) in [6.45, 7) is 1.07. The lowest BCUT2D eigenvalue weighted by atomic mass is 10.2. The van der Waals surface area contributed by atoms with E-state index in [2.05, 4.69) is 15.2 Å². The lowest BCUT2D eigenvalue weighted by molar-refractivity contribution is 0.0958. The Hall–Kier alpha value is -1.62. The van der Waals surface area contributed by atoms with Crippen molar-refractivity contribution in [2.45, 2.75) is 18.9 Å². The summed E-state index contributed by atoms with van der Waals surface area (Å²) in [6, 6.07) is 3.81. The number of carbonyl (C=O) groups excluding carboxylic acids is 1. The molecule has 0 bridgehead atoms. The molecule has 17 heavy (non-hydrogen) atoms. The Labute approximate surface area is 100 Å². The monoisotopic (exact) mass is 235 g/mol. The average molecular weight is 235 g/mol. The van der Waals surface area contributed by atoms with Crippen molar-refractivity contribution in [3.05, 3.63) is 24.0 Å². The van der Waals surface area contributed by atoms with Gasteiger partial charge in [0.15, 0.2) is 0 Å². The zero-order valence-corrected chi connectivity index (χ0v) is 9.89. The fourth-order valence-corrected chi connectivity index (χ4v) is 2.22. The molecule has 1 atom stereocenters. The van der Waals surface area contributed by atoms with Crippen LogP contribution in [0.15, 0.2) is 18.3 Å². The number of aromatic nitrogens is 1. The Kier molecular flexibility index (Phi) is 3.58. The van der Waals surface area contributed by atoms with Gasteiger partial charge in [0.2, 0.25) is 0 Å². The second-order valence-corrected chi connectivity index (χ2v) is 4.15. The smallest absolute Gasteiger partial charge is 0.269 e. The Balaban J connectivity index is 2.23. The molecule has 1 aromatic heterocycles. The molecule has 0 saturated carbocycles. The highest BCUT2D eigenvalue weighted by Gasteiger charge is 2.24. The minimum atomic E-state index is -0.188. The first-order valence-electron chi connectivity index (χ1n) is 5.82. The zero-order chi connectivity index (χ0) is 12.3. The molecular weight excluding hydrogens is 218 g/mol. The maximum atomic E-state index is 11.5. The number of hydrogen-bond acceptors (Lipinski definition) is 4. The van der Waals surface area contributed by atoms with E-state index in [0.717, 1.165) is 25.1 Å². The van der Waals surface area contributed by atoms with E-state index >= 15 is 0 Å². The number of anilines is 1. The van der Waals surface area contributed by atoms with Crippen LogP contribution in [-0.2, 0) is 0 Å². The number of amides is 1. The van der Waals surface area contributed by atoms with Gasteiger partial charge < -0.3 is 15.3 Å². The molecule has 2 N–H and O–H groups in total. The quantitative estimate of drug-likeness (QED) is 0.796. The summed E-state index contributed by atoms with van der Waals surface area (Å²) in [6.07, 6.45) is 3.70. The van der Waals surface area contributed by atoms with Crippen LogP contribution >= 0.6 is 0 Å². The zero-order valence-electron chi connectivity index (χ0n) is 9.89. The maximum absolute atomic E-state index is 11.5. The Bertz CT molecular complexity index is 408. The van der Waals surface area contributed by atoms with Crippen molar-refractivity contribution < 1.29 is 9.90 Å². The lowest BCUT2D eigenvalue weighted by Crippen LogP contribution is -2.32. The van der Waals surface area contributed by atoms with Gasteiger partial charge in [-0.3, -0.25) is 9.78 Å². The highest BCUT2D eigenvalue weighted by atomic mass is 16.3. The van der Waals surface area contributed by atoms with Crippen LogP contribution in [0, 0.1) is 0 Å². The van der Waals surface area contributed by atoms with E-state index in [1.54, 1.807) is 19.3 Å². The van der Waals surface area contributed by atoms with Gasteiger partial charge in [0, 0.05) is 25.5 Å². The van der Waals surface area contributed by atoms with Gasteiger partial charge in [-0.25, -0.2) is 0 Å². The Morgan fingerprint density at radius 1 is 1.71 bits per heavy atom. The van der Waals surface area contributed by atoms with Gasteiger partial charge in [-0.2, -0.15) is 0 Å². The van der Waals surface area contributed by atoms with Crippen molar-refractivity contribution in [2.75, 3.05) is 25.1 Å². The molecule has 5 heteroatoms. The highest BCUT2D eigenvalue weighted by Crippen LogP contribution is 2.25. The SMILES string of the molecule is CNC(=O)c1cc(N2CCCC2CO)ccn1. The van der Waals surface area contributed by atoms with Crippen molar-refractivity contribution in [3.8, 4) is 0 Å². The molecule has 1 fully saturated rings. The summed E-state index contributed by atoms with van der Waals surface area (Å²) in [7, 11) is 1.59. The summed E-state index contributed by atoms with van der Waals surface area (Å²) < 4.78 is 0. The van der Waals surface area contributed by atoms with Gasteiger partial charge >= 0.3 is 0 Å². The van der Waals surface area contributed by atoms with Crippen molar-refractivity contribution in [3.63, 3.8) is 0 Å². The minimum Gasteiger partial charge on any atom is -0.394 e. The molecule has 1 aromatic rings. The molecular formula is C12H17N3O2. The van der Waals surface area contributed by atoms with Gasteiger partial charge in [-0.05, 0) is 25.0 Å². The van der Waals surface area contributed by atoms with Crippen LogP contribution in [-0.4, -0.2) is 42.2 Å². The number of aliphatic hydroxyl groups is 1. The van der Waals surface area contributed by atoms with Crippen LogP contribution in [0.4, 0.5) is 5.69 Å². The van der Waals surface area contributed by atoms with Crippen LogP contribution in [0.5, 0.6) is 0 Å². The van der Waals surface area contributed by atoms with Gasteiger partial charge in [-0.1, -0.05) is 0 Å². The van der Waals surface area contributed by atoms with Crippen LogP contribution in [0.2, 0.25) is 0 Å². The van der Waals surface area contributed by atoms with E-state index in [-0.39, 0.29) is 18.6 Å². The van der Waals surface area contributed by atoms with E-state index in [4.69, 9.17) is 0 Å². The number of nitrogens with one attached hydrogen (secondary N) is 1. The number of hydrogen-bond donors (Lipinski definition) is 2. The Morgan fingerprint density at radius 2 is 2.53 bits per heavy atom. The highest BCUT2D eigenvalue weighted by molar-refractivity contribution is 5.92. The topological polar surface area (TPSA) is 65.5 Å². The van der Waals surface area contributed by atoms with Crippen molar-refractivity contribution >= 4 is 11.6 Å². The molecule has 1 unspecified atom stereocenters. The first kappa shape index (κ1) is 11.9. The van der Waals surface area contributed by atoms with E-state index in [1.165, 1.54) is 0 Å². The number of nitrogens with zero attached hydrogens (tertiary/aromatic N) is 2. The van der Waals surface area contributed by atoms with E-state index in [0.29, 0.717) is 5.69 Å². The molecule has 1 amide bonds. The molecule has 92 valence electrons. The van der Waals surface area contributed by atoms with Crippen molar-refractivity contribution in [1.29, 1.82) is 0 Å². The third kappa shape index (κ3) is 2.39. The standard InChI is InChI=1S/C12H17N3O2/c1-13-12(17)11-7-9(4-5-14-11)15-6-2-3-10(15)8-16/h4-5,7,10,16H,2-3,6,8H2,1H3,(H,13,17). The summed E-state index contributed by atoms with van der Waals surface area (Å²) >= 11 is 0. The molecule has 0 radical (unpaired) electrons. The van der Waals surface area contributed by atoms with E-state index in [9.17, 15) is 9.90 Å². The number of carbonyl (C=O) groups is 1. The largest absolute Gasteiger partial charge is 0.394 e. The molecule has 0 aliphatic carbocycles. The van der Waals surface area contributed by atoms with Crippen LogP contribution in [0.25, 0.3) is 0 Å². The molecule has 0 spiro atoms. The van der Waals surface area contributed by atoms with E-state index < -0.39 is 0 Å². The van der Waals surface area contributed by atoms with Gasteiger partial charge in [0.1, 0.15) is 5.69 Å². The minimum absolute atomic E-state index is 0.150. The normalized spacial score (nSPS) is 19.4. The fraction of sp³-hybridized carbons (Fsp3) is 0.500. The van der Waals surface area contributed by atoms with Crippen LogP contribution in [0.1, 0.15) is 23.3 Å². The molecule has 0 aromatic carbocycles. The summed E-state index contributed by atoms with van der Waals surface area (Å²) in [5, 5.41) is 11.8.